The van der Waals surface area contributed by atoms with E-state index < -0.39 is 12.0 Å². The van der Waals surface area contributed by atoms with E-state index in [0.29, 0.717) is 26.9 Å². The maximum Gasteiger partial charge on any atom is 0.338 e. The molecule has 1 heterocycles. The van der Waals surface area contributed by atoms with E-state index in [4.69, 9.17) is 32.7 Å². The van der Waals surface area contributed by atoms with Gasteiger partial charge < -0.3 is 14.8 Å². The zero-order chi connectivity index (χ0) is 19.3. The van der Waals surface area contributed by atoms with Crippen molar-refractivity contribution in [2.75, 3.05) is 26.9 Å². The molecule has 0 saturated carbocycles. The summed E-state index contributed by atoms with van der Waals surface area (Å²) in [6.45, 7) is 5.96. The molecule has 0 radical (unpaired) electrons. The predicted molar refractivity (Wildman–Crippen MR) is 100 cm³/mol. The zero-order valence-electron chi connectivity index (χ0n) is 14.6. The Labute approximate surface area is 162 Å². The first-order chi connectivity index (χ1) is 12.4. The van der Waals surface area contributed by atoms with Crippen molar-refractivity contribution in [1.82, 2.24) is 10.2 Å². The van der Waals surface area contributed by atoms with Crippen LogP contribution in [0.25, 0.3) is 0 Å². The van der Waals surface area contributed by atoms with Crippen molar-refractivity contribution in [3.8, 4) is 0 Å². The van der Waals surface area contributed by atoms with Gasteiger partial charge in [-0.2, -0.15) is 0 Å². The Morgan fingerprint density at radius 1 is 1.38 bits per heavy atom. The molecule has 1 N–H and O–H groups in total. The lowest BCUT2D eigenvalue weighted by atomic mass is 9.95. The summed E-state index contributed by atoms with van der Waals surface area (Å²) in [5.74, 6) is -0.551. The number of urea groups is 1. The number of halogens is 2. The molecule has 1 atom stereocenters. The molecule has 0 bridgehead atoms. The van der Waals surface area contributed by atoms with Gasteiger partial charge in [0.25, 0.3) is 0 Å². The molecule has 2 amide bonds. The maximum atomic E-state index is 12.7. The van der Waals surface area contributed by atoms with Crippen LogP contribution in [0.1, 0.15) is 18.5 Å². The number of carbonyl (C=O) groups excluding carboxylic acids is 2. The van der Waals surface area contributed by atoms with Crippen molar-refractivity contribution in [3.63, 3.8) is 0 Å². The fourth-order valence-electron chi connectivity index (χ4n) is 2.66. The quantitative estimate of drug-likeness (QED) is 0.431. The summed E-state index contributed by atoms with van der Waals surface area (Å²) in [4.78, 5) is 26.6. The SMILES string of the molecule is C=CCN1C(=O)NC(c2ccc(Cl)cc2Cl)C(C(=O)OCCOC)=C1C. The number of rotatable bonds is 7. The lowest BCUT2D eigenvalue weighted by molar-refractivity contribution is -0.140. The van der Waals surface area contributed by atoms with Gasteiger partial charge in [-0.15, -0.1) is 6.58 Å². The van der Waals surface area contributed by atoms with Crippen LogP contribution in [0.5, 0.6) is 0 Å². The highest BCUT2D eigenvalue weighted by Crippen LogP contribution is 2.35. The summed E-state index contributed by atoms with van der Waals surface area (Å²) < 4.78 is 10.2. The third kappa shape index (κ3) is 4.38. The monoisotopic (exact) mass is 398 g/mol. The lowest BCUT2D eigenvalue weighted by Crippen LogP contribution is -2.48. The van der Waals surface area contributed by atoms with Crippen LogP contribution in [-0.4, -0.2) is 43.8 Å². The molecule has 26 heavy (non-hydrogen) atoms. The van der Waals surface area contributed by atoms with E-state index in [1.54, 1.807) is 31.2 Å². The molecule has 2 rings (SSSR count). The second-order valence-corrected chi connectivity index (χ2v) is 6.42. The van der Waals surface area contributed by atoms with Crippen LogP contribution in [0.3, 0.4) is 0 Å². The van der Waals surface area contributed by atoms with Gasteiger partial charge in [0, 0.05) is 29.4 Å². The number of allylic oxidation sites excluding steroid dienone is 1. The zero-order valence-corrected chi connectivity index (χ0v) is 16.1. The van der Waals surface area contributed by atoms with Crippen molar-refractivity contribution in [2.24, 2.45) is 0 Å². The highest BCUT2D eigenvalue weighted by Gasteiger charge is 2.36. The Hall–Kier alpha value is -2.02. The maximum absolute atomic E-state index is 12.7. The minimum absolute atomic E-state index is 0.0998. The minimum Gasteiger partial charge on any atom is -0.460 e. The molecule has 0 aromatic heterocycles. The molecule has 1 aromatic rings. The molecule has 1 unspecified atom stereocenters. The van der Waals surface area contributed by atoms with E-state index in [1.807, 2.05) is 0 Å². The van der Waals surface area contributed by atoms with Gasteiger partial charge in [-0.05, 0) is 24.6 Å². The van der Waals surface area contributed by atoms with Crippen LogP contribution < -0.4 is 5.32 Å². The van der Waals surface area contributed by atoms with Crippen molar-refractivity contribution < 1.29 is 19.1 Å². The van der Waals surface area contributed by atoms with Gasteiger partial charge in [0.15, 0.2) is 0 Å². The van der Waals surface area contributed by atoms with E-state index in [2.05, 4.69) is 11.9 Å². The molecular formula is C18H20Cl2N2O4. The van der Waals surface area contributed by atoms with Crippen LogP contribution in [0.2, 0.25) is 10.0 Å². The number of hydrogen-bond donors (Lipinski definition) is 1. The van der Waals surface area contributed by atoms with Crippen LogP contribution >= 0.6 is 23.2 Å². The van der Waals surface area contributed by atoms with Gasteiger partial charge in [0.05, 0.1) is 18.2 Å². The standard InChI is InChI=1S/C18H20Cl2N2O4/c1-4-7-22-11(2)15(17(23)26-9-8-25-3)16(21-18(22)24)13-6-5-12(19)10-14(13)20/h4-6,10,16H,1,7-9H2,2-3H3,(H,21,24). The Kier molecular flexibility index (Phi) is 7.08. The summed E-state index contributed by atoms with van der Waals surface area (Å²) in [6, 6.07) is 3.78. The van der Waals surface area contributed by atoms with Crippen LogP contribution in [0.15, 0.2) is 42.1 Å². The van der Waals surface area contributed by atoms with Crippen molar-refractivity contribution in [3.05, 3.63) is 57.7 Å². The van der Waals surface area contributed by atoms with Crippen molar-refractivity contribution in [1.29, 1.82) is 0 Å². The Balaban J connectivity index is 2.48. The second-order valence-electron chi connectivity index (χ2n) is 5.58. The molecule has 1 aliphatic rings. The van der Waals surface area contributed by atoms with Gasteiger partial charge >= 0.3 is 12.0 Å². The summed E-state index contributed by atoms with van der Waals surface area (Å²) in [6.07, 6.45) is 1.58. The number of benzene rings is 1. The number of carbonyl (C=O) groups is 2. The Morgan fingerprint density at radius 2 is 2.12 bits per heavy atom. The first kappa shape index (κ1) is 20.3. The highest BCUT2D eigenvalue weighted by molar-refractivity contribution is 6.35. The first-order valence-corrected chi connectivity index (χ1v) is 8.67. The average molecular weight is 399 g/mol. The van der Waals surface area contributed by atoms with E-state index in [1.165, 1.54) is 12.0 Å². The van der Waals surface area contributed by atoms with Crippen molar-refractivity contribution in [2.45, 2.75) is 13.0 Å². The molecule has 0 aliphatic carbocycles. The smallest absolute Gasteiger partial charge is 0.338 e. The minimum atomic E-state index is -0.747. The Morgan fingerprint density at radius 3 is 2.73 bits per heavy atom. The molecule has 0 fully saturated rings. The van der Waals surface area contributed by atoms with Crippen LogP contribution in [-0.2, 0) is 14.3 Å². The number of methoxy groups -OCH3 is 1. The molecule has 0 saturated heterocycles. The fraction of sp³-hybridized carbons (Fsp3) is 0.333. The molecule has 1 aromatic carbocycles. The van der Waals surface area contributed by atoms with E-state index in [-0.39, 0.29) is 25.8 Å². The molecule has 140 valence electrons. The summed E-state index contributed by atoms with van der Waals surface area (Å²) in [7, 11) is 1.52. The van der Waals surface area contributed by atoms with Gasteiger partial charge in [-0.3, -0.25) is 4.90 Å². The van der Waals surface area contributed by atoms with Gasteiger partial charge in [0.1, 0.15) is 6.61 Å². The lowest BCUT2D eigenvalue weighted by Gasteiger charge is -2.35. The highest BCUT2D eigenvalue weighted by atomic mass is 35.5. The van der Waals surface area contributed by atoms with Gasteiger partial charge in [-0.1, -0.05) is 35.3 Å². The summed E-state index contributed by atoms with van der Waals surface area (Å²) in [5.41, 5.74) is 1.33. The number of hydrogen-bond acceptors (Lipinski definition) is 4. The summed E-state index contributed by atoms with van der Waals surface area (Å²) in [5, 5.41) is 3.60. The second kappa shape index (κ2) is 9.07. The normalized spacial score (nSPS) is 17.2. The predicted octanol–water partition coefficient (Wildman–Crippen LogP) is 3.71. The topological polar surface area (TPSA) is 67.9 Å². The number of nitrogens with one attached hydrogen (secondary N) is 1. The third-order valence-electron chi connectivity index (χ3n) is 3.92. The number of nitrogens with zero attached hydrogens (tertiary/aromatic N) is 1. The van der Waals surface area contributed by atoms with E-state index >= 15 is 0 Å². The Bertz CT molecular complexity index is 749. The first-order valence-electron chi connectivity index (χ1n) is 7.91. The molecule has 0 spiro atoms. The molecule has 1 aliphatic heterocycles. The van der Waals surface area contributed by atoms with E-state index in [0.717, 1.165) is 0 Å². The number of amides is 2. The number of esters is 1. The van der Waals surface area contributed by atoms with Crippen LogP contribution in [0.4, 0.5) is 4.79 Å². The van der Waals surface area contributed by atoms with Crippen molar-refractivity contribution >= 4 is 35.2 Å². The van der Waals surface area contributed by atoms with E-state index in [9.17, 15) is 9.59 Å². The largest absolute Gasteiger partial charge is 0.460 e. The summed E-state index contributed by atoms with van der Waals surface area (Å²) >= 11 is 12.2. The third-order valence-corrected chi connectivity index (χ3v) is 4.48. The average Bonchev–Trinajstić information content (AvgIpc) is 2.58. The fourth-order valence-corrected chi connectivity index (χ4v) is 3.18. The number of ether oxygens (including phenoxy) is 2. The molecule has 6 nitrogen and oxygen atoms in total. The van der Waals surface area contributed by atoms with Gasteiger partial charge in [-0.25, -0.2) is 9.59 Å². The molecular weight excluding hydrogens is 379 g/mol. The van der Waals surface area contributed by atoms with Gasteiger partial charge in [0.2, 0.25) is 0 Å². The van der Waals surface area contributed by atoms with Crippen LogP contribution in [0, 0.1) is 0 Å². The molecule has 8 heteroatoms.